The predicted octanol–water partition coefficient (Wildman–Crippen LogP) is -0.830. The van der Waals surface area contributed by atoms with E-state index >= 15 is 0 Å². The minimum Gasteiger partial charge on any atom is -0.548 e. The molecule has 0 aliphatic carbocycles. The van der Waals surface area contributed by atoms with Crippen molar-refractivity contribution in [3.05, 3.63) is 60.2 Å². The molecule has 0 bridgehead atoms. The molecule has 0 atom stereocenters. The summed E-state index contributed by atoms with van der Waals surface area (Å²) in [4.78, 5) is 23.9. The number of para-hydroxylation sites is 1. The molecule has 0 unspecified atom stereocenters. The van der Waals surface area contributed by atoms with E-state index in [0.29, 0.717) is 11.3 Å². The summed E-state index contributed by atoms with van der Waals surface area (Å²) < 4.78 is 0. The van der Waals surface area contributed by atoms with Crippen LogP contribution < -0.4 is 61.4 Å². The van der Waals surface area contributed by atoms with Crippen LogP contribution in [0.5, 0.6) is 0 Å². The Balaban J connectivity index is 0.00000242. The fraction of sp³-hybridized carbons (Fsp3) is 0.176. The standard InChI is InChI=1S/C17H17NO3.K/c1-17(2,16(20)21)18(14-6-4-3-5-7-14)15-10-8-13(12-19)9-11-15;/h3-12H,1-2H3,(H,20,21);/q;+1/p-1. The van der Waals surface area contributed by atoms with Crippen LogP contribution in [-0.2, 0) is 4.79 Å². The van der Waals surface area contributed by atoms with Crippen molar-refractivity contribution in [2.24, 2.45) is 0 Å². The quantitative estimate of drug-likeness (QED) is 0.533. The van der Waals surface area contributed by atoms with Crippen molar-refractivity contribution in [3.8, 4) is 0 Å². The van der Waals surface area contributed by atoms with Gasteiger partial charge in [-0.1, -0.05) is 18.2 Å². The fourth-order valence-electron chi connectivity index (χ4n) is 2.16. The number of hydrogen-bond donors (Lipinski definition) is 0. The second-order valence-electron chi connectivity index (χ2n) is 5.23. The van der Waals surface area contributed by atoms with Gasteiger partial charge in [-0.2, -0.15) is 0 Å². The number of carboxylic acid groups (broad SMARTS) is 1. The summed E-state index contributed by atoms with van der Waals surface area (Å²) in [5.74, 6) is -1.18. The maximum atomic E-state index is 11.5. The molecule has 0 fully saturated rings. The minimum absolute atomic E-state index is 0. The molecule has 4 nitrogen and oxygen atoms in total. The summed E-state index contributed by atoms with van der Waals surface area (Å²) in [6.45, 7) is 3.17. The maximum absolute atomic E-state index is 11.5. The van der Waals surface area contributed by atoms with E-state index in [-0.39, 0.29) is 51.4 Å². The smallest absolute Gasteiger partial charge is 0.548 e. The minimum atomic E-state index is -1.23. The molecule has 0 saturated carbocycles. The molecule has 0 amide bonds. The first-order chi connectivity index (χ1) is 9.96. The van der Waals surface area contributed by atoms with Crippen molar-refractivity contribution in [1.82, 2.24) is 0 Å². The first-order valence-corrected chi connectivity index (χ1v) is 6.59. The average Bonchev–Trinajstić information content (AvgIpc) is 2.49. The fourth-order valence-corrected chi connectivity index (χ4v) is 2.16. The van der Waals surface area contributed by atoms with E-state index in [4.69, 9.17) is 0 Å². The second-order valence-corrected chi connectivity index (χ2v) is 5.23. The predicted molar refractivity (Wildman–Crippen MR) is 79.5 cm³/mol. The number of hydrogen-bond acceptors (Lipinski definition) is 4. The van der Waals surface area contributed by atoms with E-state index in [2.05, 4.69) is 0 Å². The number of carboxylic acids is 1. The molecular weight excluding hydrogens is 305 g/mol. The van der Waals surface area contributed by atoms with E-state index in [1.54, 1.807) is 43.0 Å². The number of benzene rings is 2. The summed E-state index contributed by atoms with van der Waals surface area (Å²) in [6, 6.07) is 16.0. The van der Waals surface area contributed by atoms with Gasteiger partial charge >= 0.3 is 51.4 Å². The van der Waals surface area contributed by atoms with Crippen LogP contribution in [-0.4, -0.2) is 17.8 Å². The second kappa shape index (κ2) is 8.03. The molecular formula is C17H16KNO3. The SMILES string of the molecule is CC(C)(C(=O)[O-])N(c1ccccc1)c1ccc(C=O)cc1.[K+]. The summed E-state index contributed by atoms with van der Waals surface area (Å²) in [5.41, 5.74) is 0.730. The average molecular weight is 321 g/mol. The van der Waals surface area contributed by atoms with E-state index in [0.717, 1.165) is 12.0 Å². The van der Waals surface area contributed by atoms with Crippen LogP contribution in [0, 0.1) is 0 Å². The number of anilines is 2. The van der Waals surface area contributed by atoms with Gasteiger partial charge in [-0.25, -0.2) is 0 Å². The molecule has 0 aliphatic heterocycles. The molecule has 22 heavy (non-hydrogen) atoms. The Hall–Kier alpha value is -0.984. The van der Waals surface area contributed by atoms with Crippen molar-refractivity contribution in [1.29, 1.82) is 0 Å². The van der Waals surface area contributed by atoms with Crippen LogP contribution in [0.25, 0.3) is 0 Å². The van der Waals surface area contributed by atoms with Gasteiger partial charge in [0.2, 0.25) is 0 Å². The monoisotopic (exact) mass is 321 g/mol. The topological polar surface area (TPSA) is 60.4 Å². The van der Waals surface area contributed by atoms with E-state index in [1.807, 2.05) is 30.3 Å². The molecule has 0 saturated heterocycles. The van der Waals surface area contributed by atoms with Crippen LogP contribution in [0.2, 0.25) is 0 Å². The third-order valence-electron chi connectivity index (χ3n) is 3.36. The van der Waals surface area contributed by atoms with Gasteiger partial charge in [0.25, 0.3) is 0 Å². The largest absolute Gasteiger partial charge is 1.00 e. The molecule has 0 N–H and O–H groups in total. The van der Waals surface area contributed by atoms with Crippen LogP contribution >= 0.6 is 0 Å². The Bertz CT molecular complexity index is 639. The van der Waals surface area contributed by atoms with Gasteiger partial charge in [-0.15, -0.1) is 0 Å². The van der Waals surface area contributed by atoms with Crippen molar-refractivity contribution in [2.45, 2.75) is 19.4 Å². The van der Waals surface area contributed by atoms with Gasteiger partial charge in [0, 0.05) is 16.9 Å². The zero-order valence-corrected chi connectivity index (χ0v) is 16.1. The molecule has 0 aromatic heterocycles. The van der Waals surface area contributed by atoms with Crippen molar-refractivity contribution in [2.75, 3.05) is 4.90 Å². The number of carbonyl (C=O) groups excluding carboxylic acids is 2. The molecule has 5 heteroatoms. The molecule has 0 spiro atoms. The van der Waals surface area contributed by atoms with Gasteiger partial charge in [-0.05, 0) is 50.2 Å². The van der Waals surface area contributed by atoms with Crippen LogP contribution in [0.4, 0.5) is 11.4 Å². The van der Waals surface area contributed by atoms with E-state index < -0.39 is 11.5 Å². The van der Waals surface area contributed by atoms with Crippen molar-refractivity contribution in [3.63, 3.8) is 0 Å². The molecule has 2 rings (SSSR count). The first-order valence-electron chi connectivity index (χ1n) is 6.59. The molecule has 2 aromatic rings. The molecule has 0 radical (unpaired) electrons. The molecule has 108 valence electrons. The Kier molecular flexibility index (Phi) is 6.96. The Morgan fingerprint density at radius 2 is 1.50 bits per heavy atom. The van der Waals surface area contributed by atoms with Gasteiger partial charge in [0.1, 0.15) is 6.29 Å². The maximum Gasteiger partial charge on any atom is 1.00 e. The number of nitrogens with zero attached hydrogens (tertiary/aromatic N) is 1. The number of rotatable bonds is 5. The zero-order chi connectivity index (χ0) is 15.5. The molecule has 2 aromatic carbocycles. The summed E-state index contributed by atoms with van der Waals surface area (Å²) in [5, 5.41) is 11.5. The van der Waals surface area contributed by atoms with E-state index in [1.165, 1.54) is 0 Å². The van der Waals surface area contributed by atoms with E-state index in [9.17, 15) is 14.7 Å². The summed E-state index contributed by atoms with van der Waals surface area (Å²) >= 11 is 0. The van der Waals surface area contributed by atoms with Gasteiger partial charge in [0.05, 0.1) is 11.5 Å². The van der Waals surface area contributed by atoms with Crippen LogP contribution in [0.3, 0.4) is 0 Å². The van der Waals surface area contributed by atoms with Crippen molar-refractivity contribution < 1.29 is 66.1 Å². The third kappa shape index (κ3) is 4.05. The molecule has 0 heterocycles. The Morgan fingerprint density at radius 1 is 1.00 bits per heavy atom. The van der Waals surface area contributed by atoms with Crippen LogP contribution in [0.1, 0.15) is 24.2 Å². The number of aldehydes is 1. The van der Waals surface area contributed by atoms with Gasteiger partial charge in [-0.3, -0.25) is 4.79 Å². The summed E-state index contributed by atoms with van der Waals surface area (Å²) in [7, 11) is 0. The van der Waals surface area contributed by atoms with Crippen molar-refractivity contribution >= 4 is 23.6 Å². The van der Waals surface area contributed by atoms with Gasteiger partial charge < -0.3 is 14.8 Å². The van der Waals surface area contributed by atoms with Gasteiger partial charge in [0.15, 0.2) is 0 Å². The molecule has 0 aliphatic rings. The normalized spacial score (nSPS) is 10.5. The third-order valence-corrected chi connectivity index (χ3v) is 3.36. The Labute approximate surface area is 172 Å². The van der Waals surface area contributed by atoms with Crippen LogP contribution in [0.15, 0.2) is 54.6 Å². The summed E-state index contributed by atoms with van der Waals surface area (Å²) in [6.07, 6.45) is 0.751. The first kappa shape index (κ1) is 19.1. The Morgan fingerprint density at radius 3 is 1.95 bits per heavy atom. The number of carbonyl (C=O) groups is 2. The zero-order valence-electron chi connectivity index (χ0n) is 12.9. The number of aliphatic carboxylic acids is 1.